The molecule has 6 heterocycles. The van der Waals surface area contributed by atoms with Gasteiger partial charge >= 0.3 is 0 Å². The summed E-state index contributed by atoms with van der Waals surface area (Å²) in [4.78, 5) is 82.7. The summed E-state index contributed by atoms with van der Waals surface area (Å²) < 4.78 is 0. The topological polar surface area (TPSA) is 163 Å². The van der Waals surface area contributed by atoms with Gasteiger partial charge in [-0.1, -0.05) is 49.8 Å². The van der Waals surface area contributed by atoms with Crippen molar-refractivity contribution in [2.45, 2.75) is 51.2 Å². The number of imide groups is 2. The number of amides is 5. The van der Waals surface area contributed by atoms with Crippen molar-refractivity contribution in [1.82, 2.24) is 30.0 Å². The fraction of sp³-hybridized carbons (Fsp3) is 0.429. The minimum Gasteiger partial charge on any atom is -0.355 e. The van der Waals surface area contributed by atoms with Crippen molar-refractivity contribution in [1.29, 1.82) is 5.26 Å². The highest BCUT2D eigenvalue weighted by Gasteiger charge is 2.52. The molecule has 5 amide bonds. The lowest BCUT2D eigenvalue weighted by Gasteiger charge is -2.44. The second-order valence-electron chi connectivity index (χ2n) is 15.8. The lowest BCUT2D eigenvalue weighted by molar-refractivity contribution is -0.150. The number of piperidine rings is 1. The zero-order valence-corrected chi connectivity index (χ0v) is 32.8. The molecule has 7 rings (SSSR count). The van der Waals surface area contributed by atoms with Crippen LogP contribution < -0.4 is 15.1 Å². The van der Waals surface area contributed by atoms with E-state index in [9.17, 15) is 29.2 Å². The predicted molar refractivity (Wildman–Crippen MR) is 214 cm³/mol. The Bertz CT molecular complexity index is 2080. The monoisotopic (exact) mass is 791 g/mol. The number of hydrogen-bond donors (Lipinski definition) is 1. The lowest BCUT2D eigenvalue weighted by atomic mass is 9.78. The van der Waals surface area contributed by atoms with E-state index in [1.807, 2.05) is 32.1 Å². The summed E-state index contributed by atoms with van der Waals surface area (Å²) in [6.45, 7) is 14.0. The molecular weight excluding hydrogens is 746 g/mol. The van der Waals surface area contributed by atoms with Crippen LogP contribution in [-0.2, 0) is 24.0 Å². The van der Waals surface area contributed by atoms with E-state index in [-0.39, 0.29) is 36.8 Å². The van der Waals surface area contributed by atoms with Crippen LogP contribution in [0.1, 0.15) is 44.4 Å². The minimum absolute atomic E-state index is 0.0588. The Kier molecular flexibility index (Phi) is 11.5. The van der Waals surface area contributed by atoms with Crippen molar-refractivity contribution < 1.29 is 24.0 Å². The van der Waals surface area contributed by atoms with Gasteiger partial charge in [-0.3, -0.25) is 44.1 Å². The highest BCUT2D eigenvalue weighted by Crippen LogP contribution is 2.45. The third-order valence-corrected chi connectivity index (χ3v) is 12.1. The zero-order chi connectivity index (χ0) is 40.4. The smallest absolute Gasteiger partial charge is 0.253 e. The highest BCUT2D eigenvalue weighted by atomic mass is 35.5. The molecule has 5 aliphatic rings. The van der Waals surface area contributed by atoms with E-state index in [1.165, 1.54) is 12.2 Å². The van der Waals surface area contributed by atoms with Gasteiger partial charge in [-0.15, -0.1) is 6.58 Å². The molecule has 1 aromatic carbocycles. The summed E-state index contributed by atoms with van der Waals surface area (Å²) in [6, 6.07) is 5.69. The molecule has 14 nitrogen and oxygen atoms in total. The van der Waals surface area contributed by atoms with Crippen LogP contribution in [0.5, 0.6) is 0 Å². The molecule has 296 valence electrons. The van der Waals surface area contributed by atoms with Crippen molar-refractivity contribution in [3.63, 3.8) is 0 Å². The number of aromatic nitrogens is 2. The number of piperazine rings is 1. The van der Waals surface area contributed by atoms with Gasteiger partial charge in [-0.2, -0.15) is 5.26 Å². The Hall–Kier alpha value is -5.49. The van der Waals surface area contributed by atoms with E-state index < -0.39 is 35.1 Å². The Morgan fingerprint density at radius 3 is 2.44 bits per heavy atom. The third-order valence-electron chi connectivity index (χ3n) is 11.8. The molecule has 4 unspecified atom stereocenters. The van der Waals surface area contributed by atoms with Crippen LogP contribution in [0.25, 0.3) is 6.08 Å². The minimum atomic E-state index is -1.00. The molecule has 15 heteroatoms. The summed E-state index contributed by atoms with van der Waals surface area (Å²) >= 11 is 6.31. The van der Waals surface area contributed by atoms with Crippen LogP contribution in [-0.4, -0.2) is 118 Å². The third kappa shape index (κ3) is 8.18. The largest absolute Gasteiger partial charge is 0.355 e. The molecular formula is C42H46ClN9O5. The number of anilines is 2. The van der Waals surface area contributed by atoms with Crippen molar-refractivity contribution in [2.24, 2.45) is 17.3 Å². The van der Waals surface area contributed by atoms with Gasteiger partial charge in [0, 0.05) is 81.9 Å². The molecule has 1 N–H and O–H groups in total. The Morgan fingerprint density at radius 1 is 1.02 bits per heavy atom. The standard InChI is InChI=1S/C42H46ClN9O5/c1-4-34-32(42(2,3)41(57)51(34)31-10-8-28(21-44)33(43)20-31)12-9-29-22-46-36(23-45-29)50-25-27(26-50)24-48-16-18-49(19-17-48)30-6-5-7-38(54)52(39(55)15-11-30)35-13-14-37(53)47-40(35)56/h4-5,7-12,15,20,22-23,27,30,32,34-35H,1,6,13-14,16-19,24-26H2,2-3H3,(H,47,53,56)/b7-5+,12-9+,15-11+. The Labute approximate surface area is 337 Å². The van der Waals surface area contributed by atoms with Gasteiger partial charge in [0.15, 0.2) is 0 Å². The number of carbonyl (C=O) groups excluding carboxylic acids is 5. The zero-order valence-electron chi connectivity index (χ0n) is 32.1. The average molecular weight is 792 g/mol. The molecule has 0 aliphatic carbocycles. The predicted octanol–water partition coefficient (Wildman–Crippen LogP) is 3.36. The van der Waals surface area contributed by atoms with E-state index in [0.717, 1.165) is 56.5 Å². The molecule has 5 aliphatic heterocycles. The van der Waals surface area contributed by atoms with Crippen LogP contribution in [0, 0.1) is 28.6 Å². The number of nitriles is 1. The molecule has 0 radical (unpaired) electrons. The fourth-order valence-electron chi connectivity index (χ4n) is 8.47. The highest BCUT2D eigenvalue weighted by molar-refractivity contribution is 6.32. The quantitative estimate of drug-likeness (QED) is 0.293. The van der Waals surface area contributed by atoms with Gasteiger partial charge in [0.05, 0.1) is 40.1 Å². The van der Waals surface area contributed by atoms with Crippen LogP contribution >= 0.6 is 11.6 Å². The summed E-state index contributed by atoms with van der Waals surface area (Å²) in [5.41, 5.74) is 0.931. The first-order valence-electron chi connectivity index (χ1n) is 19.3. The van der Waals surface area contributed by atoms with Gasteiger partial charge in [0.1, 0.15) is 17.9 Å². The second kappa shape index (κ2) is 16.5. The maximum Gasteiger partial charge on any atom is 0.253 e. The van der Waals surface area contributed by atoms with Crippen LogP contribution in [0.2, 0.25) is 5.02 Å². The molecule has 2 aromatic rings. The van der Waals surface area contributed by atoms with Crippen molar-refractivity contribution >= 4 is 58.7 Å². The first-order valence-corrected chi connectivity index (χ1v) is 19.7. The summed E-state index contributed by atoms with van der Waals surface area (Å²) in [5.74, 6) is -1.07. The number of nitrogens with one attached hydrogen (secondary N) is 1. The van der Waals surface area contributed by atoms with E-state index in [1.54, 1.807) is 47.6 Å². The van der Waals surface area contributed by atoms with Gasteiger partial charge < -0.3 is 14.7 Å². The van der Waals surface area contributed by atoms with Crippen molar-refractivity contribution in [3.05, 3.63) is 89.9 Å². The van der Waals surface area contributed by atoms with Crippen molar-refractivity contribution in [2.75, 3.05) is 55.6 Å². The number of rotatable bonds is 9. The first-order chi connectivity index (χ1) is 27.4. The van der Waals surface area contributed by atoms with Gasteiger partial charge in [-0.05, 0) is 43.2 Å². The van der Waals surface area contributed by atoms with E-state index in [4.69, 9.17) is 16.6 Å². The summed E-state index contributed by atoms with van der Waals surface area (Å²) in [6.07, 6.45) is 16.3. The second-order valence-corrected chi connectivity index (χ2v) is 16.2. The van der Waals surface area contributed by atoms with Gasteiger partial charge in [0.2, 0.25) is 17.7 Å². The SMILES string of the molecule is C=CC1C(/C=C/c2cnc(N3CC(CN4CCN(C5/C=C/C(=O)N(C6CCC(=O)NC6=O)C(=O)/C=C/C5)CC4)C3)cn2)C(C)(C)C(=O)N1c1ccc(C#N)c(Cl)c1. The molecule has 4 fully saturated rings. The summed E-state index contributed by atoms with van der Waals surface area (Å²) in [5, 5.41) is 11.8. The molecule has 0 bridgehead atoms. The molecule has 0 spiro atoms. The Morgan fingerprint density at radius 2 is 1.77 bits per heavy atom. The number of benzene rings is 1. The summed E-state index contributed by atoms with van der Waals surface area (Å²) in [7, 11) is 0. The van der Waals surface area contributed by atoms with Gasteiger partial charge in [0.25, 0.3) is 11.8 Å². The number of halogens is 1. The van der Waals surface area contributed by atoms with Crippen LogP contribution in [0.3, 0.4) is 0 Å². The van der Waals surface area contributed by atoms with Crippen LogP contribution in [0.4, 0.5) is 11.5 Å². The normalized spacial score (nSPS) is 27.4. The average Bonchev–Trinajstić information content (AvgIpc) is 3.41. The number of carbonyl (C=O) groups is 5. The lowest BCUT2D eigenvalue weighted by Crippen LogP contribution is -2.56. The van der Waals surface area contributed by atoms with E-state index in [0.29, 0.717) is 34.3 Å². The van der Waals surface area contributed by atoms with Crippen LogP contribution in [0.15, 0.2) is 73.6 Å². The van der Waals surface area contributed by atoms with E-state index >= 15 is 0 Å². The molecule has 4 saturated heterocycles. The number of nitrogens with zero attached hydrogens (tertiary/aromatic N) is 8. The molecule has 4 atom stereocenters. The molecule has 0 saturated carbocycles. The molecule has 1 aromatic heterocycles. The maximum atomic E-state index is 13.6. The van der Waals surface area contributed by atoms with Gasteiger partial charge in [-0.25, -0.2) is 4.98 Å². The van der Waals surface area contributed by atoms with E-state index in [2.05, 4.69) is 37.6 Å². The Balaban J connectivity index is 0.886. The van der Waals surface area contributed by atoms with Crippen molar-refractivity contribution in [3.8, 4) is 6.07 Å². The first kappa shape index (κ1) is 39.7. The number of hydrogen-bond acceptors (Lipinski definition) is 11. The fourth-order valence-corrected chi connectivity index (χ4v) is 8.69. The maximum absolute atomic E-state index is 13.6. The molecule has 57 heavy (non-hydrogen) atoms.